The van der Waals surface area contributed by atoms with Crippen LogP contribution in [-0.4, -0.2) is 16.1 Å². The van der Waals surface area contributed by atoms with Crippen molar-refractivity contribution in [2.75, 3.05) is 5.32 Å². The summed E-state index contributed by atoms with van der Waals surface area (Å²) in [6.07, 6.45) is 5.69. The highest BCUT2D eigenvalue weighted by molar-refractivity contribution is 7.15. The maximum absolute atomic E-state index is 12.0. The minimum Gasteiger partial charge on any atom is -0.301 e. The number of carbonyl (C=O) groups excluding carboxylic acids is 1. The van der Waals surface area contributed by atoms with Crippen LogP contribution in [0.15, 0.2) is 24.3 Å². The molecule has 0 bridgehead atoms. The molecule has 0 saturated heterocycles. The van der Waals surface area contributed by atoms with Gasteiger partial charge in [0.15, 0.2) is 0 Å². The van der Waals surface area contributed by atoms with E-state index >= 15 is 0 Å². The number of anilines is 1. The molecule has 0 atom stereocenters. The predicted molar refractivity (Wildman–Crippen MR) is 91.3 cm³/mol. The second-order valence-corrected chi connectivity index (χ2v) is 6.55. The van der Waals surface area contributed by atoms with E-state index < -0.39 is 0 Å². The summed E-state index contributed by atoms with van der Waals surface area (Å²) in [6.45, 7) is 4.24. The van der Waals surface area contributed by atoms with Crippen molar-refractivity contribution in [3.63, 3.8) is 0 Å². The summed E-state index contributed by atoms with van der Waals surface area (Å²) >= 11 is 1.48. The first-order chi connectivity index (χ1) is 10.7. The SMILES string of the molecule is CCCCCc1nnc(NC(=O)CCc2ccc(C)cc2)s1. The highest BCUT2D eigenvalue weighted by atomic mass is 32.1. The minimum atomic E-state index is -0.00293. The summed E-state index contributed by atoms with van der Waals surface area (Å²) in [5.74, 6) is -0.00293. The van der Waals surface area contributed by atoms with Gasteiger partial charge in [0, 0.05) is 12.8 Å². The Morgan fingerprint density at radius 1 is 1.14 bits per heavy atom. The standard InChI is InChI=1S/C17H23N3OS/c1-3-4-5-6-16-19-20-17(22-16)18-15(21)12-11-14-9-7-13(2)8-10-14/h7-10H,3-6,11-12H2,1-2H3,(H,18,20,21). The minimum absolute atomic E-state index is 0.00293. The molecule has 22 heavy (non-hydrogen) atoms. The van der Waals surface area contributed by atoms with Crippen molar-refractivity contribution in [1.82, 2.24) is 10.2 Å². The van der Waals surface area contributed by atoms with Crippen LogP contribution in [0, 0.1) is 6.92 Å². The third-order valence-electron chi connectivity index (χ3n) is 3.47. The van der Waals surface area contributed by atoms with Crippen LogP contribution in [0.1, 0.15) is 48.7 Å². The molecule has 0 fully saturated rings. The third kappa shape index (κ3) is 5.56. The maximum Gasteiger partial charge on any atom is 0.226 e. The second kappa shape index (κ2) is 8.63. The first-order valence-corrected chi connectivity index (χ1v) is 8.67. The van der Waals surface area contributed by atoms with Gasteiger partial charge in [-0.2, -0.15) is 0 Å². The number of nitrogens with one attached hydrogen (secondary N) is 1. The smallest absolute Gasteiger partial charge is 0.226 e. The summed E-state index contributed by atoms with van der Waals surface area (Å²) < 4.78 is 0. The van der Waals surface area contributed by atoms with Gasteiger partial charge in [-0.15, -0.1) is 10.2 Å². The van der Waals surface area contributed by atoms with Crippen molar-refractivity contribution in [3.8, 4) is 0 Å². The normalized spacial score (nSPS) is 10.6. The highest BCUT2D eigenvalue weighted by Crippen LogP contribution is 2.18. The summed E-state index contributed by atoms with van der Waals surface area (Å²) in [4.78, 5) is 12.0. The average Bonchev–Trinajstić information content (AvgIpc) is 2.94. The van der Waals surface area contributed by atoms with Crippen LogP contribution in [0.4, 0.5) is 5.13 Å². The molecule has 1 amide bonds. The molecule has 4 nitrogen and oxygen atoms in total. The van der Waals surface area contributed by atoms with E-state index in [-0.39, 0.29) is 5.91 Å². The number of unbranched alkanes of at least 4 members (excludes halogenated alkanes) is 2. The Balaban J connectivity index is 1.75. The number of rotatable bonds is 8. The molecule has 2 aromatic rings. The molecular formula is C17H23N3OS. The molecule has 0 unspecified atom stereocenters. The van der Waals surface area contributed by atoms with E-state index in [1.54, 1.807) is 0 Å². The Labute approximate surface area is 136 Å². The number of amides is 1. The van der Waals surface area contributed by atoms with Gasteiger partial charge in [-0.25, -0.2) is 0 Å². The van der Waals surface area contributed by atoms with E-state index in [9.17, 15) is 4.79 Å². The average molecular weight is 317 g/mol. The fourth-order valence-electron chi connectivity index (χ4n) is 2.13. The topological polar surface area (TPSA) is 54.9 Å². The number of aromatic nitrogens is 2. The first kappa shape index (κ1) is 16.6. The molecule has 5 heteroatoms. The number of benzene rings is 1. The highest BCUT2D eigenvalue weighted by Gasteiger charge is 2.08. The van der Waals surface area contributed by atoms with Gasteiger partial charge in [0.25, 0.3) is 0 Å². The van der Waals surface area contributed by atoms with Crippen molar-refractivity contribution < 1.29 is 4.79 Å². The number of aryl methyl sites for hydroxylation is 3. The molecule has 0 saturated carbocycles. The zero-order chi connectivity index (χ0) is 15.8. The van der Waals surface area contributed by atoms with Crippen LogP contribution in [0.2, 0.25) is 0 Å². The fourth-order valence-corrected chi connectivity index (χ4v) is 2.92. The monoisotopic (exact) mass is 317 g/mol. The molecule has 0 spiro atoms. The Morgan fingerprint density at radius 3 is 2.64 bits per heavy atom. The Morgan fingerprint density at radius 2 is 1.91 bits per heavy atom. The van der Waals surface area contributed by atoms with Crippen LogP contribution >= 0.6 is 11.3 Å². The second-order valence-electron chi connectivity index (χ2n) is 5.49. The molecule has 1 heterocycles. The summed E-state index contributed by atoms with van der Waals surface area (Å²) in [5, 5.41) is 12.6. The van der Waals surface area contributed by atoms with Crippen LogP contribution < -0.4 is 5.32 Å². The Bertz CT molecular complexity index is 592. The molecule has 0 radical (unpaired) electrons. The van der Waals surface area contributed by atoms with Gasteiger partial charge in [0.1, 0.15) is 5.01 Å². The van der Waals surface area contributed by atoms with Crippen LogP contribution in [-0.2, 0) is 17.6 Å². The predicted octanol–water partition coefficient (Wildman–Crippen LogP) is 4.15. The number of hydrogen-bond donors (Lipinski definition) is 1. The number of nitrogens with zero attached hydrogens (tertiary/aromatic N) is 2. The van der Waals surface area contributed by atoms with E-state index in [4.69, 9.17) is 0 Å². The lowest BCUT2D eigenvalue weighted by molar-refractivity contribution is -0.116. The van der Waals surface area contributed by atoms with E-state index in [1.165, 1.54) is 35.3 Å². The Kier molecular flexibility index (Phi) is 6.52. The molecule has 2 rings (SSSR count). The van der Waals surface area contributed by atoms with E-state index in [2.05, 4.69) is 53.6 Å². The maximum atomic E-state index is 12.0. The van der Waals surface area contributed by atoms with Gasteiger partial charge in [-0.1, -0.05) is 60.9 Å². The van der Waals surface area contributed by atoms with Crippen molar-refractivity contribution in [1.29, 1.82) is 0 Å². The van der Waals surface area contributed by atoms with Crippen molar-refractivity contribution in [2.45, 2.75) is 52.4 Å². The molecule has 1 aromatic heterocycles. The van der Waals surface area contributed by atoms with Gasteiger partial charge < -0.3 is 5.32 Å². The van der Waals surface area contributed by atoms with Crippen LogP contribution in [0.25, 0.3) is 0 Å². The van der Waals surface area contributed by atoms with Crippen molar-refractivity contribution >= 4 is 22.4 Å². The fraction of sp³-hybridized carbons (Fsp3) is 0.471. The summed E-state index contributed by atoms with van der Waals surface area (Å²) in [6, 6.07) is 8.28. The number of carbonyl (C=O) groups is 1. The van der Waals surface area contributed by atoms with Gasteiger partial charge in [0.05, 0.1) is 0 Å². The first-order valence-electron chi connectivity index (χ1n) is 7.85. The lowest BCUT2D eigenvalue weighted by Crippen LogP contribution is -2.12. The number of hydrogen-bond acceptors (Lipinski definition) is 4. The molecular weight excluding hydrogens is 294 g/mol. The van der Waals surface area contributed by atoms with E-state index in [1.807, 2.05) is 0 Å². The molecule has 1 aromatic carbocycles. The van der Waals surface area contributed by atoms with E-state index in [0.717, 1.165) is 24.3 Å². The zero-order valence-electron chi connectivity index (χ0n) is 13.3. The van der Waals surface area contributed by atoms with Gasteiger partial charge in [-0.3, -0.25) is 4.79 Å². The van der Waals surface area contributed by atoms with Gasteiger partial charge in [-0.05, 0) is 25.3 Å². The van der Waals surface area contributed by atoms with Gasteiger partial charge >= 0.3 is 0 Å². The summed E-state index contributed by atoms with van der Waals surface area (Å²) in [7, 11) is 0. The van der Waals surface area contributed by atoms with Crippen LogP contribution in [0.3, 0.4) is 0 Å². The van der Waals surface area contributed by atoms with Gasteiger partial charge in [0.2, 0.25) is 11.0 Å². The molecule has 0 aliphatic carbocycles. The molecule has 1 N–H and O–H groups in total. The zero-order valence-corrected chi connectivity index (χ0v) is 14.1. The lowest BCUT2D eigenvalue weighted by Gasteiger charge is -2.02. The van der Waals surface area contributed by atoms with E-state index in [0.29, 0.717) is 11.6 Å². The van der Waals surface area contributed by atoms with Crippen molar-refractivity contribution in [2.24, 2.45) is 0 Å². The molecule has 118 valence electrons. The van der Waals surface area contributed by atoms with Crippen molar-refractivity contribution in [3.05, 3.63) is 40.4 Å². The van der Waals surface area contributed by atoms with Crippen LogP contribution in [0.5, 0.6) is 0 Å². The molecule has 0 aliphatic heterocycles. The quantitative estimate of drug-likeness (QED) is 0.744. The lowest BCUT2D eigenvalue weighted by atomic mass is 10.1. The Hall–Kier alpha value is -1.75. The summed E-state index contributed by atoms with van der Waals surface area (Å²) in [5.41, 5.74) is 2.41. The molecule has 0 aliphatic rings. The third-order valence-corrected chi connectivity index (χ3v) is 4.37. The largest absolute Gasteiger partial charge is 0.301 e.